The van der Waals surface area contributed by atoms with E-state index in [4.69, 9.17) is 16.0 Å². The van der Waals surface area contributed by atoms with Gasteiger partial charge in [0.05, 0.1) is 16.7 Å². The van der Waals surface area contributed by atoms with Gasteiger partial charge in [0.1, 0.15) is 11.8 Å². The first-order valence-corrected chi connectivity index (χ1v) is 8.89. The van der Waals surface area contributed by atoms with Crippen LogP contribution < -0.4 is 5.43 Å². The summed E-state index contributed by atoms with van der Waals surface area (Å²) in [5, 5.41) is 1.13. The second-order valence-electron chi connectivity index (χ2n) is 6.36. The minimum atomic E-state index is -0.0605. The summed E-state index contributed by atoms with van der Waals surface area (Å²) < 4.78 is 5.66. The minimum Gasteiger partial charge on any atom is -0.463 e. The molecule has 3 aromatic rings. The van der Waals surface area contributed by atoms with Crippen LogP contribution in [-0.4, -0.2) is 17.2 Å². The summed E-state index contributed by atoms with van der Waals surface area (Å²) in [5.41, 5.74) is 4.70. The first kappa shape index (κ1) is 16.7. The molecule has 2 aromatic heterocycles. The highest BCUT2D eigenvalue weighted by atomic mass is 35.5. The van der Waals surface area contributed by atoms with Crippen LogP contribution in [0.3, 0.4) is 0 Å². The van der Waals surface area contributed by atoms with Crippen molar-refractivity contribution in [3.8, 4) is 0 Å². The van der Waals surface area contributed by atoms with Crippen molar-refractivity contribution < 1.29 is 4.42 Å². The Morgan fingerprint density at radius 1 is 1.31 bits per heavy atom. The molecule has 1 aliphatic rings. The summed E-state index contributed by atoms with van der Waals surface area (Å²) in [6.07, 6.45) is 8.75. The first-order chi connectivity index (χ1) is 12.6. The van der Waals surface area contributed by atoms with Gasteiger partial charge in [-0.2, -0.15) is 0 Å². The maximum Gasteiger partial charge on any atom is 0.199 e. The van der Waals surface area contributed by atoms with Crippen LogP contribution in [0.5, 0.6) is 0 Å². The Morgan fingerprint density at radius 2 is 2.19 bits per heavy atom. The van der Waals surface area contributed by atoms with Gasteiger partial charge in [-0.25, -0.2) is 0 Å². The molecule has 0 atom stereocenters. The molecule has 5 heteroatoms. The Morgan fingerprint density at radius 3 is 3.00 bits per heavy atom. The van der Waals surface area contributed by atoms with Crippen molar-refractivity contribution in [3.63, 3.8) is 0 Å². The zero-order valence-corrected chi connectivity index (χ0v) is 15.1. The van der Waals surface area contributed by atoms with E-state index in [-0.39, 0.29) is 5.43 Å². The molecule has 0 radical (unpaired) electrons. The van der Waals surface area contributed by atoms with Gasteiger partial charge in [-0.1, -0.05) is 11.6 Å². The number of hydrogen-bond donors (Lipinski definition) is 0. The molecule has 1 aromatic carbocycles. The molecule has 0 bridgehead atoms. The van der Waals surface area contributed by atoms with Crippen molar-refractivity contribution >= 4 is 34.4 Å². The average molecular weight is 365 g/mol. The van der Waals surface area contributed by atoms with Crippen LogP contribution in [0.2, 0.25) is 5.02 Å². The highest BCUT2D eigenvalue weighted by Crippen LogP contribution is 2.24. The molecule has 0 aliphatic carbocycles. The molecule has 0 amide bonds. The predicted octanol–water partition coefficient (Wildman–Crippen LogP) is 4.82. The third kappa shape index (κ3) is 3.08. The van der Waals surface area contributed by atoms with Gasteiger partial charge in [0.15, 0.2) is 5.43 Å². The van der Waals surface area contributed by atoms with Crippen LogP contribution in [0, 0.1) is 6.92 Å². The maximum absolute atomic E-state index is 12.9. The zero-order valence-electron chi connectivity index (χ0n) is 14.3. The molecule has 0 spiro atoms. The van der Waals surface area contributed by atoms with Gasteiger partial charge in [0.25, 0.3) is 0 Å². The molecule has 0 saturated carbocycles. The summed E-state index contributed by atoms with van der Waals surface area (Å²) in [6.45, 7) is 2.66. The molecule has 4 rings (SSSR count). The van der Waals surface area contributed by atoms with Gasteiger partial charge >= 0.3 is 0 Å². The summed E-state index contributed by atoms with van der Waals surface area (Å²) in [4.78, 5) is 21.7. The molecule has 0 unspecified atom stereocenters. The van der Waals surface area contributed by atoms with Crippen molar-refractivity contribution in [2.75, 3.05) is 6.54 Å². The van der Waals surface area contributed by atoms with Gasteiger partial charge in [0.2, 0.25) is 0 Å². The number of aromatic nitrogens is 1. The Labute approximate surface area is 155 Å². The standard InChI is InChI=1S/C21H17ClN2O2/c1-13-8-17-19(10-18(13)22)26-12-16(21(17)25)9-14-4-3-7-24-20(14)15-5-2-6-23-11-15/h2,5-6,8-12H,3-4,7H2,1H3. The van der Waals surface area contributed by atoms with E-state index >= 15 is 0 Å². The van der Waals surface area contributed by atoms with E-state index in [2.05, 4.69) is 9.98 Å². The number of pyridine rings is 1. The number of aryl methyl sites for hydroxylation is 1. The lowest BCUT2D eigenvalue weighted by atomic mass is 9.95. The maximum atomic E-state index is 12.9. The van der Waals surface area contributed by atoms with Crippen LogP contribution in [-0.2, 0) is 0 Å². The van der Waals surface area contributed by atoms with Gasteiger partial charge in [-0.3, -0.25) is 14.8 Å². The number of fused-ring (bicyclic) bond motifs is 1. The number of allylic oxidation sites excluding steroid dienone is 1. The second-order valence-corrected chi connectivity index (χ2v) is 6.77. The second kappa shape index (κ2) is 6.89. The lowest BCUT2D eigenvalue weighted by Gasteiger charge is -2.16. The normalized spacial score (nSPS) is 16.1. The lowest BCUT2D eigenvalue weighted by Crippen LogP contribution is -2.13. The lowest BCUT2D eigenvalue weighted by molar-refractivity contribution is 0.601. The quantitative estimate of drug-likeness (QED) is 0.655. The molecule has 0 fully saturated rings. The Hall–Kier alpha value is -2.72. The molecule has 4 nitrogen and oxygen atoms in total. The fraction of sp³-hybridized carbons (Fsp3) is 0.190. The third-order valence-corrected chi connectivity index (χ3v) is 4.93. The Bertz CT molecular complexity index is 1100. The fourth-order valence-corrected chi connectivity index (χ4v) is 3.32. The van der Waals surface area contributed by atoms with Gasteiger partial charge in [-0.05, 0) is 55.2 Å². The molecular weight excluding hydrogens is 348 g/mol. The van der Waals surface area contributed by atoms with E-state index in [1.54, 1.807) is 24.5 Å². The first-order valence-electron chi connectivity index (χ1n) is 8.51. The summed E-state index contributed by atoms with van der Waals surface area (Å²) in [6, 6.07) is 7.34. The monoisotopic (exact) mass is 364 g/mol. The smallest absolute Gasteiger partial charge is 0.199 e. The van der Waals surface area contributed by atoms with Crippen molar-refractivity contribution in [2.45, 2.75) is 19.8 Å². The highest BCUT2D eigenvalue weighted by molar-refractivity contribution is 6.32. The van der Waals surface area contributed by atoms with E-state index in [0.29, 0.717) is 21.6 Å². The van der Waals surface area contributed by atoms with Crippen LogP contribution in [0.15, 0.2) is 62.7 Å². The molecule has 3 heterocycles. The molecule has 130 valence electrons. The average Bonchev–Trinajstić information content (AvgIpc) is 2.67. The van der Waals surface area contributed by atoms with Crippen molar-refractivity contribution in [1.29, 1.82) is 0 Å². The predicted molar refractivity (Wildman–Crippen MR) is 105 cm³/mol. The third-order valence-electron chi connectivity index (χ3n) is 4.52. The van der Waals surface area contributed by atoms with Crippen molar-refractivity contribution in [1.82, 2.24) is 4.98 Å². The zero-order chi connectivity index (χ0) is 18.1. The topological polar surface area (TPSA) is 55.5 Å². The fourth-order valence-electron chi connectivity index (χ4n) is 3.16. The number of halogens is 1. The van der Waals surface area contributed by atoms with E-state index in [1.165, 1.54) is 6.26 Å². The van der Waals surface area contributed by atoms with E-state index in [1.807, 2.05) is 25.1 Å². The van der Waals surface area contributed by atoms with E-state index < -0.39 is 0 Å². The molecule has 0 saturated heterocycles. The van der Waals surface area contributed by atoms with Crippen LogP contribution in [0.4, 0.5) is 0 Å². The highest BCUT2D eigenvalue weighted by Gasteiger charge is 2.16. The minimum absolute atomic E-state index is 0.0605. The molecular formula is C21H17ClN2O2. The molecule has 1 aliphatic heterocycles. The van der Waals surface area contributed by atoms with E-state index in [9.17, 15) is 4.79 Å². The molecule has 26 heavy (non-hydrogen) atoms. The number of hydrogen-bond acceptors (Lipinski definition) is 4. The van der Waals surface area contributed by atoms with E-state index in [0.717, 1.165) is 41.8 Å². The Kier molecular flexibility index (Phi) is 4.43. The van der Waals surface area contributed by atoms with Crippen LogP contribution in [0.1, 0.15) is 29.5 Å². The number of nitrogens with zero attached hydrogens (tertiary/aromatic N) is 2. The summed E-state index contributed by atoms with van der Waals surface area (Å²) in [5.74, 6) is 0. The van der Waals surface area contributed by atoms with Gasteiger partial charge in [0, 0.05) is 35.6 Å². The molecule has 0 N–H and O–H groups in total. The van der Waals surface area contributed by atoms with Gasteiger partial charge in [-0.15, -0.1) is 0 Å². The largest absolute Gasteiger partial charge is 0.463 e. The van der Waals surface area contributed by atoms with Crippen molar-refractivity contribution in [3.05, 3.63) is 80.4 Å². The summed E-state index contributed by atoms with van der Waals surface area (Å²) in [7, 11) is 0. The van der Waals surface area contributed by atoms with Gasteiger partial charge < -0.3 is 4.42 Å². The van der Waals surface area contributed by atoms with Crippen LogP contribution in [0.25, 0.3) is 17.0 Å². The summed E-state index contributed by atoms with van der Waals surface area (Å²) >= 11 is 6.13. The number of aliphatic imine (C=N–C) groups is 1. The SMILES string of the molecule is Cc1cc2c(=O)c(C=C3CCCN=C3c3cccnc3)coc2cc1Cl. The number of benzene rings is 1. The van der Waals surface area contributed by atoms with Crippen molar-refractivity contribution in [2.24, 2.45) is 4.99 Å². The Balaban J connectivity index is 1.83. The van der Waals surface area contributed by atoms with Crippen LogP contribution >= 0.6 is 11.6 Å². The number of rotatable bonds is 2.